The summed E-state index contributed by atoms with van der Waals surface area (Å²) in [6.07, 6.45) is 0.318. The first-order valence-electron chi connectivity index (χ1n) is 8.01. The molecule has 126 valence electrons. The SMILES string of the molecule is CCOC(=O)c1cc2c([nH]1)CCN(C(=O)OCc1ccccc1)C2. The summed E-state index contributed by atoms with van der Waals surface area (Å²) in [4.78, 5) is 28.7. The van der Waals surface area contributed by atoms with Crippen LogP contribution >= 0.6 is 0 Å². The predicted octanol–water partition coefficient (Wildman–Crippen LogP) is 2.89. The summed E-state index contributed by atoms with van der Waals surface area (Å²) in [5.41, 5.74) is 3.29. The molecule has 2 heterocycles. The van der Waals surface area contributed by atoms with Crippen molar-refractivity contribution in [2.45, 2.75) is 26.5 Å². The quantitative estimate of drug-likeness (QED) is 0.876. The lowest BCUT2D eigenvalue weighted by molar-refractivity contribution is 0.0520. The number of nitrogens with one attached hydrogen (secondary N) is 1. The van der Waals surface area contributed by atoms with E-state index >= 15 is 0 Å². The minimum Gasteiger partial charge on any atom is -0.461 e. The van der Waals surface area contributed by atoms with Crippen LogP contribution in [0.2, 0.25) is 0 Å². The number of aromatic amines is 1. The third-order valence-electron chi connectivity index (χ3n) is 3.94. The highest BCUT2D eigenvalue weighted by molar-refractivity contribution is 5.88. The standard InChI is InChI=1S/C18H20N2O4/c1-2-23-17(21)16-10-14-11-20(9-8-15(14)19-16)18(22)24-12-13-6-4-3-5-7-13/h3-7,10,19H,2,8-9,11-12H2,1H3. The first-order chi connectivity index (χ1) is 11.7. The molecule has 1 aromatic carbocycles. The number of rotatable bonds is 4. The summed E-state index contributed by atoms with van der Waals surface area (Å²) >= 11 is 0. The Labute approximate surface area is 140 Å². The average molecular weight is 328 g/mol. The number of benzene rings is 1. The van der Waals surface area contributed by atoms with Gasteiger partial charge in [0.25, 0.3) is 0 Å². The maximum Gasteiger partial charge on any atom is 0.410 e. The number of fused-ring (bicyclic) bond motifs is 1. The van der Waals surface area contributed by atoms with Gasteiger partial charge in [-0.3, -0.25) is 0 Å². The summed E-state index contributed by atoms with van der Waals surface area (Å²) in [6, 6.07) is 11.3. The van der Waals surface area contributed by atoms with Crippen LogP contribution in [0.3, 0.4) is 0 Å². The molecule has 6 heteroatoms. The first-order valence-corrected chi connectivity index (χ1v) is 8.01. The highest BCUT2D eigenvalue weighted by atomic mass is 16.6. The lowest BCUT2D eigenvalue weighted by atomic mass is 10.1. The fraction of sp³-hybridized carbons (Fsp3) is 0.333. The number of hydrogen-bond acceptors (Lipinski definition) is 4. The van der Waals surface area contributed by atoms with Crippen LogP contribution in [0.25, 0.3) is 0 Å². The zero-order valence-electron chi connectivity index (χ0n) is 13.6. The van der Waals surface area contributed by atoms with Gasteiger partial charge >= 0.3 is 12.1 Å². The first kappa shape index (κ1) is 16.1. The van der Waals surface area contributed by atoms with Gasteiger partial charge in [-0.15, -0.1) is 0 Å². The van der Waals surface area contributed by atoms with Crippen molar-refractivity contribution in [2.75, 3.05) is 13.2 Å². The fourth-order valence-corrected chi connectivity index (χ4v) is 2.72. The Balaban J connectivity index is 1.60. The maximum atomic E-state index is 12.2. The zero-order valence-corrected chi connectivity index (χ0v) is 13.6. The number of nitrogens with zero attached hydrogens (tertiary/aromatic N) is 1. The van der Waals surface area contributed by atoms with Crippen molar-refractivity contribution in [3.8, 4) is 0 Å². The number of aromatic nitrogens is 1. The lowest BCUT2D eigenvalue weighted by Gasteiger charge is -2.26. The highest BCUT2D eigenvalue weighted by Gasteiger charge is 2.25. The molecule has 1 N–H and O–H groups in total. The molecule has 6 nitrogen and oxygen atoms in total. The van der Waals surface area contributed by atoms with Crippen molar-refractivity contribution >= 4 is 12.1 Å². The Morgan fingerprint density at radius 1 is 1.21 bits per heavy atom. The van der Waals surface area contributed by atoms with E-state index in [1.54, 1.807) is 17.9 Å². The summed E-state index contributed by atoms with van der Waals surface area (Å²) in [6.45, 7) is 3.35. The molecule has 1 amide bonds. The van der Waals surface area contributed by atoms with Crippen LogP contribution in [0.15, 0.2) is 36.4 Å². The second-order valence-corrected chi connectivity index (χ2v) is 5.62. The number of carbonyl (C=O) groups excluding carboxylic acids is 2. The molecule has 3 rings (SSSR count). The smallest absolute Gasteiger partial charge is 0.410 e. The number of H-pyrrole nitrogens is 1. The van der Waals surface area contributed by atoms with Crippen LogP contribution in [0, 0.1) is 0 Å². The van der Waals surface area contributed by atoms with Gasteiger partial charge in [0.1, 0.15) is 12.3 Å². The zero-order chi connectivity index (χ0) is 16.9. The fourth-order valence-electron chi connectivity index (χ4n) is 2.72. The Morgan fingerprint density at radius 2 is 2.00 bits per heavy atom. The Hall–Kier alpha value is -2.76. The molecule has 0 bridgehead atoms. The Kier molecular flexibility index (Phi) is 4.84. The van der Waals surface area contributed by atoms with Crippen molar-refractivity contribution in [3.05, 3.63) is 58.9 Å². The molecule has 1 aliphatic heterocycles. The summed E-state index contributed by atoms with van der Waals surface area (Å²) in [5, 5.41) is 0. The third kappa shape index (κ3) is 3.59. The van der Waals surface area contributed by atoms with E-state index < -0.39 is 0 Å². The minimum absolute atomic E-state index is 0.254. The second-order valence-electron chi connectivity index (χ2n) is 5.62. The van der Waals surface area contributed by atoms with E-state index in [0.717, 1.165) is 16.8 Å². The summed E-state index contributed by atoms with van der Waals surface area (Å²) in [5.74, 6) is -0.370. The molecule has 1 aromatic heterocycles. The molecule has 2 aromatic rings. The van der Waals surface area contributed by atoms with Gasteiger partial charge in [-0.2, -0.15) is 0 Å². The molecular formula is C18H20N2O4. The number of carbonyl (C=O) groups is 2. The molecule has 0 saturated heterocycles. The van der Waals surface area contributed by atoms with Crippen molar-refractivity contribution in [1.82, 2.24) is 9.88 Å². The van der Waals surface area contributed by atoms with Gasteiger partial charge in [-0.1, -0.05) is 30.3 Å². The molecule has 0 saturated carbocycles. The number of ether oxygens (including phenoxy) is 2. The third-order valence-corrected chi connectivity index (χ3v) is 3.94. The highest BCUT2D eigenvalue weighted by Crippen LogP contribution is 2.21. The lowest BCUT2D eigenvalue weighted by Crippen LogP contribution is -2.36. The van der Waals surface area contributed by atoms with Gasteiger partial charge in [0, 0.05) is 18.7 Å². The molecule has 0 fully saturated rings. The van der Waals surface area contributed by atoms with Gasteiger partial charge in [0.2, 0.25) is 0 Å². The van der Waals surface area contributed by atoms with E-state index in [2.05, 4.69) is 4.98 Å². The molecule has 0 spiro atoms. The van der Waals surface area contributed by atoms with Crippen LogP contribution in [-0.2, 0) is 29.0 Å². The van der Waals surface area contributed by atoms with Gasteiger partial charge in [-0.05, 0) is 24.1 Å². The van der Waals surface area contributed by atoms with Gasteiger partial charge < -0.3 is 19.4 Å². The molecule has 1 aliphatic rings. The minimum atomic E-state index is -0.370. The molecular weight excluding hydrogens is 308 g/mol. The van der Waals surface area contributed by atoms with E-state index in [9.17, 15) is 9.59 Å². The monoisotopic (exact) mass is 328 g/mol. The van der Waals surface area contributed by atoms with Crippen LogP contribution in [0.1, 0.15) is 34.2 Å². The van der Waals surface area contributed by atoms with E-state index in [0.29, 0.717) is 31.8 Å². The van der Waals surface area contributed by atoms with E-state index in [1.165, 1.54) is 0 Å². The average Bonchev–Trinajstić information content (AvgIpc) is 3.04. The Morgan fingerprint density at radius 3 is 2.75 bits per heavy atom. The number of amides is 1. The van der Waals surface area contributed by atoms with Gasteiger partial charge in [-0.25, -0.2) is 9.59 Å². The van der Waals surface area contributed by atoms with Crippen LogP contribution in [-0.4, -0.2) is 35.1 Å². The molecule has 0 atom stereocenters. The topological polar surface area (TPSA) is 71.6 Å². The van der Waals surface area contributed by atoms with Crippen molar-refractivity contribution < 1.29 is 19.1 Å². The number of hydrogen-bond donors (Lipinski definition) is 1. The second kappa shape index (κ2) is 7.21. The van der Waals surface area contributed by atoms with E-state index in [1.807, 2.05) is 30.3 Å². The Bertz CT molecular complexity index is 724. The van der Waals surface area contributed by atoms with Crippen LogP contribution in [0.4, 0.5) is 4.79 Å². The number of esters is 1. The largest absolute Gasteiger partial charge is 0.461 e. The maximum absolute atomic E-state index is 12.2. The van der Waals surface area contributed by atoms with Crippen molar-refractivity contribution in [1.29, 1.82) is 0 Å². The van der Waals surface area contributed by atoms with Crippen LogP contribution < -0.4 is 0 Å². The van der Waals surface area contributed by atoms with Crippen molar-refractivity contribution in [2.24, 2.45) is 0 Å². The summed E-state index contributed by atoms with van der Waals surface area (Å²) in [7, 11) is 0. The molecule has 24 heavy (non-hydrogen) atoms. The van der Waals surface area contributed by atoms with Gasteiger partial charge in [0.15, 0.2) is 0 Å². The van der Waals surface area contributed by atoms with Crippen molar-refractivity contribution in [3.63, 3.8) is 0 Å². The normalized spacial score (nSPS) is 13.3. The van der Waals surface area contributed by atoms with Crippen LogP contribution in [0.5, 0.6) is 0 Å². The van der Waals surface area contributed by atoms with E-state index in [-0.39, 0.29) is 18.7 Å². The molecule has 0 unspecified atom stereocenters. The molecule has 0 radical (unpaired) electrons. The predicted molar refractivity (Wildman–Crippen MR) is 87.5 cm³/mol. The summed E-state index contributed by atoms with van der Waals surface area (Å²) < 4.78 is 10.4. The van der Waals surface area contributed by atoms with Gasteiger partial charge in [0.05, 0.1) is 13.2 Å². The van der Waals surface area contributed by atoms with E-state index in [4.69, 9.17) is 9.47 Å². The molecule has 0 aliphatic carbocycles.